The average molecular weight is 290 g/mol. The summed E-state index contributed by atoms with van der Waals surface area (Å²) in [5, 5.41) is 6.96. The second-order valence-corrected chi connectivity index (χ2v) is 7.22. The third-order valence-corrected chi connectivity index (χ3v) is 6.43. The normalized spacial score (nSPS) is 12.0. The standard InChI is InChI=1S/C19H15OP/c1-20-14-11-12-17-16-9-5-6-10-18(16)21(19(17)13-14)15-7-3-2-4-8-15/h2-13H,1H3. The van der Waals surface area contributed by atoms with Crippen molar-refractivity contribution in [2.45, 2.75) is 0 Å². The molecule has 1 aromatic heterocycles. The van der Waals surface area contributed by atoms with E-state index in [1.807, 2.05) is 0 Å². The summed E-state index contributed by atoms with van der Waals surface area (Å²) in [6, 6.07) is 26.0. The highest BCUT2D eigenvalue weighted by Gasteiger charge is 2.13. The first-order chi connectivity index (χ1) is 10.4. The largest absolute Gasteiger partial charge is 0.497 e. The molecule has 0 aliphatic carbocycles. The van der Waals surface area contributed by atoms with Gasteiger partial charge in [0.1, 0.15) is 5.75 Å². The molecule has 1 unspecified atom stereocenters. The van der Waals surface area contributed by atoms with Crippen LogP contribution in [0.5, 0.6) is 5.75 Å². The molecule has 0 aliphatic heterocycles. The van der Waals surface area contributed by atoms with Crippen molar-refractivity contribution in [2.75, 3.05) is 7.11 Å². The van der Waals surface area contributed by atoms with Crippen molar-refractivity contribution in [2.24, 2.45) is 0 Å². The van der Waals surface area contributed by atoms with Gasteiger partial charge in [0, 0.05) is 10.2 Å². The summed E-state index contributed by atoms with van der Waals surface area (Å²) in [5.74, 6) is 0.935. The topological polar surface area (TPSA) is 9.23 Å². The Hall–Kier alpha value is -2.24. The van der Waals surface area contributed by atoms with E-state index in [0.29, 0.717) is 0 Å². The molecule has 4 rings (SSSR count). The van der Waals surface area contributed by atoms with Crippen LogP contribution in [0.1, 0.15) is 0 Å². The first-order valence-corrected chi connectivity index (χ1v) is 8.35. The predicted octanol–water partition coefficient (Wildman–Crippen LogP) is 5.98. The summed E-state index contributed by atoms with van der Waals surface area (Å²) in [7, 11) is 1.26. The van der Waals surface area contributed by atoms with Crippen molar-refractivity contribution in [1.29, 1.82) is 0 Å². The van der Waals surface area contributed by atoms with Gasteiger partial charge in [0.25, 0.3) is 0 Å². The predicted molar refractivity (Wildman–Crippen MR) is 92.1 cm³/mol. The van der Waals surface area contributed by atoms with Crippen molar-refractivity contribution in [3.63, 3.8) is 0 Å². The molecule has 0 bridgehead atoms. The number of methoxy groups -OCH3 is 1. The van der Waals surface area contributed by atoms with Crippen LogP contribution in [0.4, 0.5) is 0 Å². The van der Waals surface area contributed by atoms with Gasteiger partial charge in [-0.05, 0) is 34.3 Å². The number of hydrogen-bond donors (Lipinski definition) is 0. The SMILES string of the molecule is COc1ccc2c3ccccc3p(-c3ccccc3)c2c1. The van der Waals surface area contributed by atoms with E-state index < -0.39 is 7.53 Å². The van der Waals surface area contributed by atoms with Gasteiger partial charge in [0.2, 0.25) is 0 Å². The Bertz CT molecular complexity index is 922. The van der Waals surface area contributed by atoms with E-state index in [9.17, 15) is 0 Å². The summed E-state index contributed by atoms with van der Waals surface area (Å²) in [6.07, 6.45) is 0. The summed E-state index contributed by atoms with van der Waals surface area (Å²) in [5.41, 5.74) is 0. The smallest absolute Gasteiger partial charge is 0.119 e. The monoisotopic (exact) mass is 290 g/mol. The molecule has 0 N–H and O–H groups in total. The van der Waals surface area contributed by atoms with Crippen molar-refractivity contribution < 1.29 is 4.74 Å². The van der Waals surface area contributed by atoms with Gasteiger partial charge in [-0.25, -0.2) is 0 Å². The fourth-order valence-electron chi connectivity index (χ4n) is 2.93. The number of rotatable bonds is 2. The maximum absolute atomic E-state index is 5.43. The number of benzene rings is 3. The first-order valence-electron chi connectivity index (χ1n) is 7.01. The van der Waals surface area contributed by atoms with Gasteiger partial charge in [0.05, 0.1) is 7.11 Å². The maximum atomic E-state index is 5.43. The first kappa shape index (κ1) is 12.5. The Morgan fingerprint density at radius 3 is 2.24 bits per heavy atom. The molecule has 1 nitrogen and oxygen atoms in total. The Morgan fingerprint density at radius 1 is 0.714 bits per heavy atom. The number of hydrogen-bond acceptors (Lipinski definition) is 1. The molecule has 0 saturated carbocycles. The van der Waals surface area contributed by atoms with Crippen LogP contribution in [0.2, 0.25) is 0 Å². The van der Waals surface area contributed by atoms with E-state index in [4.69, 9.17) is 4.74 Å². The minimum atomic E-state index is -0.474. The second kappa shape index (κ2) is 4.95. The van der Waals surface area contributed by atoms with Crippen molar-refractivity contribution >= 4 is 28.5 Å². The molecular weight excluding hydrogens is 275 g/mol. The summed E-state index contributed by atoms with van der Waals surface area (Å²) >= 11 is 0. The van der Waals surface area contributed by atoms with E-state index in [0.717, 1.165) is 5.75 Å². The van der Waals surface area contributed by atoms with Gasteiger partial charge in [-0.15, -0.1) is 0 Å². The Labute approximate surface area is 124 Å². The summed E-state index contributed by atoms with van der Waals surface area (Å²) < 4.78 is 5.43. The van der Waals surface area contributed by atoms with Gasteiger partial charge >= 0.3 is 0 Å². The molecule has 0 radical (unpaired) electrons. The van der Waals surface area contributed by atoms with Crippen LogP contribution in [0.25, 0.3) is 26.3 Å². The van der Waals surface area contributed by atoms with Crippen molar-refractivity contribution in [1.82, 2.24) is 0 Å². The van der Waals surface area contributed by atoms with E-state index >= 15 is 0 Å². The van der Waals surface area contributed by atoms with Gasteiger partial charge in [-0.3, -0.25) is 0 Å². The quantitative estimate of drug-likeness (QED) is 0.441. The minimum absolute atomic E-state index is 0.474. The molecule has 0 saturated heterocycles. The van der Waals surface area contributed by atoms with Gasteiger partial charge < -0.3 is 4.74 Å². The zero-order chi connectivity index (χ0) is 14.2. The Kier molecular flexibility index (Phi) is 2.94. The lowest BCUT2D eigenvalue weighted by Gasteiger charge is -2.04. The lowest BCUT2D eigenvalue weighted by molar-refractivity contribution is 0.415. The maximum Gasteiger partial charge on any atom is 0.119 e. The molecule has 1 heterocycles. The Morgan fingerprint density at radius 2 is 1.43 bits per heavy atom. The molecule has 0 amide bonds. The molecule has 0 aliphatic rings. The third kappa shape index (κ3) is 1.93. The lowest BCUT2D eigenvalue weighted by Crippen LogP contribution is -1.80. The van der Waals surface area contributed by atoms with E-state index in [-0.39, 0.29) is 0 Å². The molecule has 102 valence electrons. The van der Waals surface area contributed by atoms with Crippen LogP contribution in [0.3, 0.4) is 0 Å². The highest BCUT2D eigenvalue weighted by molar-refractivity contribution is 7.67. The van der Waals surface area contributed by atoms with Crippen molar-refractivity contribution in [3.05, 3.63) is 72.8 Å². The number of ether oxygens (including phenoxy) is 1. The Balaban J connectivity index is 2.19. The van der Waals surface area contributed by atoms with Crippen LogP contribution in [-0.2, 0) is 0 Å². The average Bonchev–Trinajstić information content (AvgIpc) is 2.89. The van der Waals surface area contributed by atoms with E-state index in [1.165, 1.54) is 26.3 Å². The second-order valence-electron chi connectivity index (χ2n) is 5.07. The lowest BCUT2D eigenvalue weighted by atomic mass is 10.1. The van der Waals surface area contributed by atoms with Gasteiger partial charge in [0.15, 0.2) is 0 Å². The van der Waals surface area contributed by atoms with Crippen LogP contribution < -0.4 is 4.74 Å². The molecule has 21 heavy (non-hydrogen) atoms. The fraction of sp³-hybridized carbons (Fsp3) is 0.0526. The zero-order valence-electron chi connectivity index (χ0n) is 11.8. The molecule has 0 spiro atoms. The molecule has 2 heteroatoms. The highest BCUT2D eigenvalue weighted by atomic mass is 31.1. The van der Waals surface area contributed by atoms with E-state index in [2.05, 4.69) is 72.8 Å². The molecule has 0 fully saturated rings. The fourth-order valence-corrected chi connectivity index (χ4v) is 5.58. The third-order valence-electron chi connectivity index (χ3n) is 3.90. The zero-order valence-corrected chi connectivity index (χ0v) is 12.7. The summed E-state index contributed by atoms with van der Waals surface area (Å²) in [4.78, 5) is 0. The van der Waals surface area contributed by atoms with Crippen LogP contribution >= 0.6 is 7.53 Å². The minimum Gasteiger partial charge on any atom is -0.497 e. The van der Waals surface area contributed by atoms with Crippen molar-refractivity contribution in [3.8, 4) is 11.1 Å². The van der Waals surface area contributed by atoms with Gasteiger partial charge in [-0.2, -0.15) is 0 Å². The number of fused-ring (bicyclic) bond motifs is 3. The van der Waals surface area contributed by atoms with Gasteiger partial charge in [-0.1, -0.05) is 62.1 Å². The van der Waals surface area contributed by atoms with Crippen LogP contribution in [0, 0.1) is 0 Å². The molecule has 4 aromatic rings. The molecular formula is C19H15OP. The van der Waals surface area contributed by atoms with E-state index in [1.54, 1.807) is 7.11 Å². The molecule has 3 aromatic carbocycles. The highest BCUT2D eigenvalue weighted by Crippen LogP contribution is 2.55. The van der Waals surface area contributed by atoms with Crippen LogP contribution in [0.15, 0.2) is 72.8 Å². The molecule has 1 atom stereocenters. The van der Waals surface area contributed by atoms with Crippen LogP contribution in [-0.4, -0.2) is 7.11 Å². The summed E-state index contributed by atoms with van der Waals surface area (Å²) in [6.45, 7) is 0.